The minimum absolute atomic E-state index is 0.153. The molecule has 32 nitrogen and oxygen atoms in total. The van der Waals surface area contributed by atoms with E-state index in [1.807, 2.05) is 31.2 Å². The van der Waals surface area contributed by atoms with Crippen molar-refractivity contribution in [3.8, 4) is 133 Å². The van der Waals surface area contributed by atoms with E-state index in [1.54, 1.807) is 89.2 Å². The fourth-order valence-corrected chi connectivity index (χ4v) is 20.7. The minimum Gasteiger partial charge on any atom is -0.494 e. The van der Waals surface area contributed by atoms with Crippen LogP contribution in [0.4, 0.5) is 54.0 Å². The first-order valence-corrected chi connectivity index (χ1v) is 45.4. The van der Waals surface area contributed by atoms with Crippen LogP contribution < -0.4 is 63.1 Å². The third-order valence-corrected chi connectivity index (χ3v) is 27.9. The first-order valence-electron chi connectivity index (χ1n) is 42.1. The molecule has 1 fully saturated rings. The lowest BCUT2D eigenvalue weighted by Gasteiger charge is -2.22. The van der Waals surface area contributed by atoms with Crippen LogP contribution in [0.1, 0.15) is 92.3 Å². The van der Waals surface area contributed by atoms with Crippen LogP contribution in [0.15, 0.2) is 122 Å². The maximum absolute atomic E-state index is 15.3. The molecule has 0 saturated carbocycles. The van der Waals surface area contributed by atoms with Crippen LogP contribution in [0, 0.1) is 54.6 Å². The number of pyridine rings is 4. The summed E-state index contributed by atoms with van der Waals surface area (Å²) in [4.78, 5) is 27.1. The van der Waals surface area contributed by atoms with Gasteiger partial charge >= 0.3 is 0 Å². The molecule has 4 aromatic carbocycles. The van der Waals surface area contributed by atoms with Crippen LogP contribution in [0.2, 0.25) is 0 Å². The Balaban J connectivity index is 0.000000123. The molecule has 12 N–H and O–H groups in total. The van der Waals surface area contributed by atoms with E-state index in [2.05, 4.69) is 134 Å². The summed E-state index contributed by atoms with van der Waals surface area (Å²) >= 11 is 6.94. The first kappa shape index (κ1) is 90.3. The lowest BCUT2D eigenvalue weighted by Crippen LogP contribution is -2.26. The van der Waals surface area contributed by atoms with Crippen LogP contribution in [-0.2, 0) is 38.8 Å². The quantitative estimate of drug-likeness (QED) is 0.0349. The Morgan fingerprint density at radius 1 is 0.386 bits per heavy atom. The molecule has 0 amide bonds. The van der Waals surface area contributed by atoms with Crippen molar-refractivity contribution in [2.45, 2.75) is 97.6 Å². The van der Waals surface area contributed by atoms with E-state index < -0.39 is 40.7 Å². The van der Waals surface area contributed by atoms with Crippen LogP contribution in [0.25, 0.3) is 110 Å². The number of fused-ring (bicyclic) bond motifs is 3. The fourth-order valence-electron chi connectivity index (χ4n) is 15.8. The number of hydrogen-bond donors (Lipinski definition) is 8. The number of aryl methyl sites for hydroxylation is 3. The Bertz CT molecular complexity index is 6630. The summed E-state index contributed by atoms with van der Waals surface area (Å²) in [6.45, 7) is 14.0. The van der Waals surface area contributed by atoms with Gasteiger partial charge in [0, 0.05) is 105 Å². The first-order chi connectivity index (χ1) is 64.2. The van der Waals surface area contributed by atoms with Gasteiger partial charge in [0.1, 0.15) is 51.8 Å². The molecular formula is C89H87F7N28O4S4. The zero-order chi connectivity index (χ0) is 92.0. The normalized spacial score (nSPS) is 13.8. The number of ether oxygens (including phenoxy) is 4. The molecule has 680 valence electrons. The van der Waals surface area contributed by atoms with Gasteiger partial charge in [-0.1, -0.05) is 6.92 Å². The second-order valence-corrected chi connectivity index (χ2v) is 35.6. The van der Waals surface area contributed by atoms with Gasteiger partial charge in [-0.15, -0.1) is 65.7 Å². The van der Waals surface area contributed by atoms with Gasteiger partial charge in [-0.05, 0) is 278 Å². The molecule has 20 rings (SSSR count). The molecule has 16 heterocycles. The highest BCUT2D eigenvalue weighted by molar-refractivity contribution is 7.16. The zero-order valence-electron chi connectivity index (χ0n) is 72.0. The molecule has 0 atom stereocenters. The summed E-state index contributed by atoms with van der Waals surface area (Å²) in [6, 6.07) is 27.4. The zero-order valence-corrected chi connectivity index (χ0v) is 75.3. The van der Waals surface area contributed by atoms with Crippen molar-refractivity contribution in [3.05, 3.63) is 210 Å². The number of nitrogen functional groups attached to an aromatic ring is 4. The molecule has 4 aliphatic heterocycles. The van der Waals surface area contributed by atoms with Crippen molar-refractivity contribution >= 4 is 68.6 Å². The summed E-state index contributed by atoms with van der Waals surface area (Å²) in [6.07, 6.45) is 16.2. The van der Waals surface area contributed by atoms with E-state index in [0.717, 1.165) is 166 Å². The Morgan fingerprint density at radius 2 is 0.758 bits per heavy atom. The molecule has 132 heavy (non-hydrogen) atoms. The summed E-state index contributed by atoms with van der Waals surface area (Å²) < 4.78 is 127. The van der Waals surface area contributed by atoms with Crippen molar-refractivity contribution in [1.29, 1.82) is 0 Å². The van der Waals surface area contributed by atoms with E-state index in [-0.39, 0.29) is 80.7 Å². The van der Waals surface area contributed by atoms with Crippen LogP contribution in [0.3, 0.4) is 0 Å². The van der Waals surface area contributed by atoms with Crippen molar-refractivity contribution in [2.24, 2.45) is 0 Å². The molecule has 0 bridgehead atoms. The molecule has 0 spiro atoms. The highest BCUT2D eigenvalue weighted by Crippen LogP contribution is 2.45. The average molecular weight is 1870 g/mol. The number of nitrogens with two attached hydrogens (primary N) is 4. The third-order valence-electron chi connectivity index (χ3n) is 22.7. The second-order valence-electron chi connectivity index (χ2n) is 31.1. The number of piperidine rings is 1. The van der Waals surface area contributed by atoms with Crippen LogP contribution in [0.5, 0.6) is 23.0 Å². The summed E-state index contributed by atoms with van der Waals surface area (Å²) in [7, 11) is 3.79. The molecule has 0 radical (unpaired) electrons. The van der Waals surface area contributed by atoms with Crippen molar-refractivity contribution < 1.29 is 49.7 Å². The predicted molar refractivity (Wildman–Crippen MR) is 490 cm³/mol. The summed E-state index contributed by atoms with van der Waals surface area (Å²) in [5, 5.41) is 60.3. The number of nitrogens with one attached hydrogen (secondary N) is 4. The Kier molecular flexibility index (Phi) is 27.3. The van der Waals surface area contributed by atoms with Gasteiger partial charge < -0.3 is 63.1 Å². The molecule has 12 aromatic heterocycles. The largest absolute Gasteiger partial charge is 0.494 e. The standard InChI is InChI=1S/C24H26FN7OS.C23H23F2N7OS.2C21H19F2N7OS/c1-3-10-33-19-5-4-18(22(25)14(19)2)32-24(29-30-31-32)17-11-16(13-28-23(17)26)21-12-15-6-8-27-9-7-20(15)34-21;1-12-9-18(34-21(12)13-5-7-27-8-6-13)14-10-15(22(26)28-11-14)23-29-30-31-32(23)16-3-4-17(33-2)20(25)19(16)24;1-31-15-5-4-14(18(22)19(15)23)30-21(27-28-29-30)13-7-11(10-26-20(13)24)17-8-12-9-25-6-2-3-16(12)32-17;1-31-15-5-4-14(18(22)19(15)23)30-21(27-28-29-30)13-7-12(9-26-20(13)24)16-8-11-3-2-6-25-10-17(11)32-16/h4-5,11-13,27H,3,6-10H2,1-2H3,(H2,26,28);3-4,9-11,13,27H,5-8H2,1-2H3,(H2,26,28);4-5,7-8,10,25H,2-3,6,9H2,1H3,(H2,24,26);4-5,7-9,25H,2-3,6,10H2,1H3,(H2,24,26). The SMILES string of the molecule is CCCOc1ccc(-n2nnnc2-c2cc(-c3cc4c(s3)CCNCC4)cnc2N)c(F)c1C.COc1ccc(-n2nnnc2-c2cc(-c3cc(C)c(C4CCNCC4)s3)cnc2N)c(F)c1F.COc1ccc(-n2nnnc2-c2cc(-c3cc4c(s3)CCCNC4)cnc2N)c(F)c1F.COc1ccc(-n2nnnc2-c2cc(-c3cc4c(s3)CNCCC4)cnc2N)c(F)c1F. The summed E-state index contributed by atoms with van der Waals surface area (Å²) in [5.74, 6) is -5.18. The smallest absolute Gasteiger partial charge is 0.202 e. The van der Waals surface area contributed by atoms with E-state index in [9.17, 15) is 26.3 Å². The van der Waals surface area contributed by atoms with E-state index in [1.165, 1.54) is 104 Å². The lowest BCUT2D eigenvalue weighted by atomic mass is 9.94. The van der Waals surface area contributed by atoms with Gasteiger partial charge in [0.25, 0.3) is 0 Å². The Labute approximate surface area is 766 Å². The monoisotopic (exact) mass is 1870 g/mol. The highest BCUT2D eigenvalue weighted by atomic mass is 32.1. The van der Waals surface area contributed by atoms with Crippen LogP contribution >= 0.6 is 45.3 Å². The number of anilines is 4. The number of halogens is 7. The van der Waals surface area contributed by atoms with E-state index in [0.29, 0.717) is 51.9 Å². The maximum Gasteiger partial charge on any atom is 0.202 e. The predicted octanol–water partition coefficient (Wildman–Crippen LogP) is 14.8. The Morgan fingerprint density at radius 3 is 1.20 bits per heavy atom. The number of rotatable bonds is 19. The van der Waals surface area contributed by atoms with Gasteiger partial charge in [0.05, 0.1) is 50.2 Å². The number of hydrogen-bond acceptors (Lipinski definition) is 32. The van der Waals surface area contributed by atoms with Crippen molar-refractivity contribution in [1.82, 2.24) is 122 Å². The molecule has 43 heteroatoms. The molecule has 0 aliphatic carbocycles. The van der Waals surface area contributed by atoms with E-state index >= 15 is 4.39 Å². The highest BCUT2D eigenvalue weighted by Gasteiger charge is 2.30. The number of tetrazole rings is 4. The number of nitrogens with zero attached hydrogens (tertiary/aromatic N) is 20. The van der Waals surface area contributed by atoms with Crippen molar-refractivity contribution in [2.75, 3.05) is 90.1 Å². The topological polar surface area (TPSA) is 415 Å². The molecular weight excluding hydrogens is 1790 g/mol. The van der Waals surface area contributed by atoms with Gasteiger partial charge in [-0.2, -0.15) is 31.9 Å². The molecule has 4 aliphatic rings. The maximum atomic E-state index is 15.3. The van der Waals surface area contributed by atoms with Gasteiger partial charge in [-0.25, -0.2) is 37.5 Å². The molecule has 0 unspecified atom stereocenters. The Hall–Kier alpha value is -13.7. The van der Waals surface area contributed by atoms with E-state index in [4.69, 9.17) is 41.9 Å². The number of aromatic nitrogens is 20. The van der Waals surface area contributed by atoms with Gasteiger partial charge in [0.2, 0.25) is 17.5 Å². The fraction of sp³-hybridized carbons (Fsp3) is 0.281. The number of benzene rings is 4. The van der Waals surface area contributed by atoms with Crippen LogP contribution in [-0.4, -0.2) is 168 Å². The van der Waals surface area contributed by atoms with Gasteiger partial charge in [0.15, 0.2) is 63.8 Å². The number of thiophene rings is 4. The van der Waals surface area contributed by atoms with Crippen molar-refractivity contribution in [3.63, 3.8) is 0 Å². The molecule has 1 saturated heterocycles. The molecule has 16 aromatic rings. The second kappa shape index (κ2) is 39.9. The third kappa shape index (κ3) is 18.6. The minimum atomic E-state index is -1.13. The van der Waals surface area contributed by atoms with Gasteiger partial charge in [-0.3, -0.25) is 0 Å². The lowest BCUT2D eigenvalue weighted by molar-refractivity contribution is 0.313. The number of methoxy groups -OCH3 is 3. The average Bonchev–Trinajstić information content (AvgIpc) is 1.56. The summed E-state index contributed by atoms with van der Waals surface area (Å²) in [5.41, 5.74) is 35.3.